The lowest BCUT2D eigenvalue weighted by Gasteiger charge is -2.26. The predicted molar refractivity (Wildman–Crippen MR) is 115 cm³/mol. The molecule has 1 aromatic carbocycles. The molecule has 2 heterocycles. The predicted octanol–water partition coefficient (Wildman–Crippen LogP) is 4.04. The number of imidazole rings is 1. The van der Waals surface area contributed by atoms with Gasteiger partial charge in [0, 0.05) is 23.9 Å². The third kappa shape index (κ3) is 3.70. The van der Waals surface area contributed by atoms with Gasteiger partial charge in [0.05, 0.1) is 29.7 Å². The second-order valence-electron chi connectivity index (χ2n) is 7.85. The van der Waals surface area contributed by atoms with Crippen LogP contribution in [0.2, 0.25) is 0 Å². The van der Waals surface area contributed by atoms with E-state index in [0.717, 1.165) is 60.5 Å². The standard InChI is InChI=1S/C22H27N5O3/c1-13-20-19(16-7-8-17(25-22(28)29)18(11-16)30-2)26-21(27(20)10-9-24-13)15-5-3-14(12-23)4-6-15/h7-11,14-15,25H,3-6,12,23H2,1-2H3,(H,28,29). The highest BCUT2D eigenvalue weighted by Gasteiger charge is 2.27. The van der Waals surface area contributed by atoms with Crippen LogP contribution in [0.1, 0.15) is 43.1 Å². The first-order valence-corrected chi connectivity index (χ1v) is 10.2. The highest BCUT2D eigenvalue weighted by Crippen LogP contribution is 2.39. The zero-order valence-corrected chi connectivity index (χ0v) is 17.3. The maximum Gasteiger partial charge on any atom is 0.409 e. The number of carboxylic acid groups (broad SMARTS) is 1. The Morgan fingerprint density at radius 2 is 2.10 bits per heavy atom. The number of hydrogen-bond acceptors (Lipinski definition) is 5. The first-order chi connectivity index (χ1) is 14.5. The van der Waals surface area contributed by atoms with Gasteiger partial charge in [-0.1, -0.05) is 6.07 Å². The number of ether oxygens (including phenoxy) is 1. The molecule has 4 N–H and O–H groups in total. The fraction of sp³-hybridized carbons (Fsp3) is 0.409. The second-order valence-corrected chi connectivity index (χ2v) is 7.85. The van der Waals surface area contributed by atoms with Crippen molar-refractivity contribution in [3.63, 3.8) is 0 Å². The van der Waals surface area contributed by atoms with E-state index >= 15 is 0 Å². The Balaban J connectivity index is 1.79. The number of carbonyl (C=O) groups is 1. The number of amides is 1. The average Bonchev–Trinajstić information content (AvgIpc) is 3.15. The van der Waals surface area contributed by atoms with Crippen molar-refractivity contribution in [3.8, 4) is 17.0 Å². The summed E-state index contributed by atoms with van der Waals surface area (Å²) < 4.78 is 7.56. The van der Waals surface area contributed by atoms with E-state index < -0.39 is 6.09 Å². The van der Waals surface area contributed by atoms with Crippen LogP contribution in [0.4, 0.5) is 10.5 Å². The van der Waals surface area contributed by atoms with E-state index in [-0.39, 0.29) is 0 Å². The first kappa shape index (κ1) is 20.2. The molecule has 158 valence electrons. The molecule has 0 atom stereocenters. The van der Waals surface area contributed by atoms with Crippen molar-refractivity contribution in [2.75, 3.05) is 19.0 Å². The van der Waals surface area contributed by atoms with Gasteiger partial charge in [-0.05, 0) is 57.2 Å². The minimum atomic E-state index is -1.14. The highest BCUT2D eigenvalue weighted by atomic mass is 16.5. The number of fused-ring (bicyclic) bond motifs is 1. The number of rotatable bonds is 5. The Labute approximate surface area is 175 Å². The summed E-state index contributed by atoms with van der Waals surface area (Å²) in [5.41, 5.74) is 9.81. The van der Waals surface area contributed by atoms with Gasteiger partial charge in [-0.15, -0.1) is 0 Å². The number of aromatic nitrogens is 3. The molecule has 8 heteroatoms. The number of nitrogens with two attached hydrogens (primary N) is 1. The first-order valence-electron chi connectivity index (χ1n) is 10.2. The summed E-state index contributed by atoms with van der Waals surface area (Å²) in [6, 6.07) is 5.37. The topological polar surface area (TPSA) is 115 Å². The SMILES string of the molecule is COc1cc(-c2nc(C3CCC(CN)CC3)n3ccnc(C)c23)ccc1NC(=O)O. The summed E-state index contributed by atoms with van der Waals surface area (Å²) in [7, 11) is 1.52. The molecular weight excluding hydrogens is 382 g/mol. The number of benzene rings is 1. The van der Waals surface area contributed by atoms with Gasteiger partial charge >= 0.3 is 6.09 Å². The molecule has 4 rings (SSSR count). The zero-order chi connectivity index (χ0) is 21.3. The Kier molecular flexibility index (Phi) is 5.59. The lowest BCUT2D eigenvalue weighted by Crippen LogP contribution is -2.21. The lowest BCUT2D eigenvalue weighted by atomic mass is 9.81. The average molecular weight is 409 g/mol. The summed E-state index contributed by atoms with van der Waals surface area (Å²) in [5.74, 6) is 2.48. The molecule has 1 amide bonds. The van der Waals surface area contributed by atoms with Crippen LogP contribution in [0.3, 0.4) is 0 Å². The fourth-order valence-electron chi connectivity index (χ4n) is 4.42. The van der Waals surface area contributed by atoms with Gasteiger partial charge in [0.1, 0.15) is 11.6 Å². The summed E-state index contributed by atoms with van der Waals surface area (Å²) >= 11 is 0. The smallest absolute Gasteiger partial charge is 0.409 e. The van der Waals surface area contributed by atoms with Crippen molar-refractivity contribution in [2.24, 2.45) is 11.7 Å². The highest BCUT2D eigenvalue weighted by molar-refractivity contribution is 5.88. The second kappa shape index (κ2) is 8.31. The Morgan fingerprint density at radius 1 is 1.33 bits per heavy atom. The minimum Gasteiger partial charge on any atom is -0.495 e. The molecule has 1 fully saturated rings. The monoisotopic (exact) mass is 409 g/mol. The molecule has 1 aliphatic rings. The maximum atomic E-state index is 11.0. The van der Waals surface area contributed by atoms with E-state index in [1.807, 2.05) is 31.5 Å². The number of nitrogens with zero attached hydrogens (tertiary/aromatic N) is 3. The Hall–Kier alpha value is -3.13. The number of hydrogen-bond donors (Lipinski definition) is 3. The maximum absolute atomic E-state index is 11.0. The summed E-state index contributed by atoms with van der Waals surface area (Å²) in [4.78, 5) is 20.6. The van der Waals surface area contributed by atoms with Crippen LogP contribution in [0.5, 0.6) is 5.75 Å². The van der Waals surface area contributed by atoms with Crippen LogP contribution in [0, 0.1) is 12.8 Å². The third-order valence-electron chi connectivity index (χ3n) is 6.03. The van der Waals surface area contributed by atoms with Crippen molar-refractivity contribution in [3.05, 3.63) is 42.1 Å². The molecule has 0 unspecified atom stereocenters. The normalized spacial score (nSPS) is 19.0. The van der Waals surface area contributed by atoms with Crippen molar-refractivity contribution < 1.29 is 14.6 Å². The van der Waals surface area contributed by atoms with E-state index in [4.69, 9.17) is 20.6 Å². The number of nitrogens with one attached hydrogen (secondary N) is 1. The largest absolute Gasteiger partial charge is 0.495 e. The quantitative estimate of drug-likeness (QED) is 0.586. The molecule has 1 saturated carbocycles. The number of aryl methyl sites for hydroxylation is 1. The molecule has 1 aliphatic carbocycles. The molecular formula is C22H27N5O3. The molecule has 2 aromatic heterocycles. The Bertz CT molecular complexity index is 1070. The number of methoxy groups -OCH3 is 1. The van der Waals surface area contributed by atoms with Gasteiger partial charge in [0.25, 0.3) is 0 Å². The molecule has 0 saturated heterocycles. The van der Waals surface area contributed by atoms with Crippen LogP contribution in [-0.4, -0.2) is 39.2 Å². The van der Waals surface area contributed by atoms with Gasteiger partial charge in [-0.3, -0.25) is 14.7 Å². The van der Waals surface area contributed by atoms with E-state index in [2.05, 4.69) is 14.7 Å². The van der Waals surface area contributed by atoms with E-state index in [1.165, 1.54) is 7.11 Å². The van der Waals surface area contributed by atoms with Crippen LogP contribution < -0.4 is 15.8 Å². The van der Waals surface area contributed by atoms with E-state index in [1.54, 1.807) is 6.07 Å². The third-order valence-corrected chi connectivity index (χ3v) is 6.03. The molecule has 0 radical (unpaired) electrons. The van der Waals surface area contributed by atoms with Gasteiger partial charge in [0.2, 0.25) is 0 Å². The van der Waals surface area contributed by atoms with Crippen molar-refractivity contribution in [1.29, 1.82) is 0 Å². The van der Waals surface area contributed by atoms with E-state index in [9.17, 15) is 4.79 Å². The molecule has 0 aliphatic heterocycles. The van der Waals surface area contributed by atoms with Gasteiger partial charge in [-0.25, -0.2) is 9.78 Å². The van der Waals surface area contributed by atoms with Crippen molar-refractivity contribution >= 4 is 17.3 Å². The van der Waals surface area contributed by atoms with Crippen molar-refractivity contribution in [1.82, 2.24) is 14.4 Å². The summed E-state index contributed by atoms with van der Waals surface area (Å²) in [6.07, 6.45) is 7.05. The van der Waals surface area contributed by atoms with Crippen LogP contribution >= 0.6 is 0 Å². The summed E-state index contributed by atoms with van der Waals surface area (Å²) in [6.45, 7) is 2.73. The van der Waals surface area contributed by atoms with E-state index in [0.29, 0.717) is 23.3 Å². The molecule has 0 spiro atoms. The fourth-order valence-corrected chi connectivity index (χ4v) is 4.42. The Morgan fingerprint density at radius 3 is 2.77 bits per heavy atom. The van der Waals surface area contributed by atoms with Gasteiger partial charge in [-0.2, -0.15) is 0 Å². The lowest BCUT2D eigenvalue weighted by molar-refractivity contribution is 0.209. The number of anilines is 1. The summed E-state index contributed by atoms with van der Waals surface area (Å²) in [5, 5.41) is 11.4. The molecule has 3 aromatic rings. The molecule has 8 nitrogen and oxygen atoms in total. The van der Waals surface area contributed by atoms with Crippen molar-refractivity contribution in [2.45, 2.75) is 38.5 Å². The van der Waals surface area contributed by atoms with Crippen LogP contribution in [0.25, 0.3) is 16.8 Å². The van der Waals surface area contributed by atoms with Gasteiger partial charge < -0.3 is 15.6 Å². The van der Waals surface area contributed by atoms with Crippen LogP contribution in [-0.2, 0) is 0 Å². The van der Waals surface area contributed by atoms with Gasteiger partial charge in [0.15, 0.2) is 0 Å². The molecule has 30 heavy (non-hydrogen) atoms. The zero-order valence-electron chi connectivity index (χ0n) is 17.3. The van der Waals surface area contributed by atoms with Crippen LogP contribution in [0.15, 0.2) is 30.6 Å². The minimum absolute atomic E-state index is 0.380. The molecule has 0 bridgehead atoms.